The Bertz CT molecular complexity index is 279. The molecule has 0 aliphatic heterocycles. The molecule has 0 saturated heterocycles. The average Bonchev–Trinajstić information content (AvgIpc) is 2.12. The molecule has 14 heavy (non-hydrogen) atoms. The Morgan fingerprint density at radius 1 is 1.21 bits per heavy atom. The van der Waals surface area contributed by atoms with E-state index in [4.69, 9.17) is 16.2 Å². The van der Waals surface area contributed by atoms with Crippen LogP contribution in [0.1, 0.15) is 25.8 Å². The maximum Gasteiger partial charge on any atom is 0.0722 e. The zero-order valence-electron chi connectivity index (χ0n) is 8.79. The third-order valence-electron chi connectivity index (χ3n) is 2.15. The van der Waals surface area contributed by atoms with E-state index in [1.54, 1.807) is 6.07 Å². The lowest BCUT2D eigenvalue weighted by Gasteiger charge is -2.11. The van der Waals surface area contributed by atoms with Gasteiger partial charge in [-0.1, -0.05) is 6.92 Å². The summed E-state index contributed by atoms with van der Waals surface area (Å²) in [7, 11) is 0. The standard InChI is InChI=1S/C11H18N2O/c1-3-8(2)14-7-9-4-10(12)6-11(13)5-9/h4-6,8H,3,7,12-13H2,1-2H3. The molecule has 1 rings (SSSR count). The van der Waals surface area contributed by atoms with E-state index in [-0.39, 0.29) is 6.10 Å². The van der Waals surface area contributed by atoms with E-state index < -0.39 is 0 Å². The normalized spacial score (nSPS) is 12.7. The van der Waals surface area contributed by atoms with Crippen LogP contribution in [0.4, 0.5) is 11.4 Å². The highest BCUT2D eigenvalue weighted by Crippen LogP contribution is 2.15. The van der Waals surface area contributed by atoms with Crippen molar-refractivity contribution in [2.24, 2.45) is 0 Å². The van der Waals surface area contributed by atoms with Gasteiger partial charge in [0.1, 0.15) is 0 Å². The number of ether oxygens (including phenoxy) is 1. The molecule has 78 valence electrons. The van der Waals surface area contributed by atoms with Crippen LogP contribution in [0.25, 0.3) is 0 Å². The summed E-state index contributed by atoms with van der Waals surface area (Å²) in [6.07, 6.45) is 1.29. The van der Waals surface area contributed by atoms with Gasteiger partial charge in [-0.3, -0.25) is 0 Å². The van der Waals surface area contributed by atoms with Crippen LogP contribution >= 0.6 is 0 Å². The minimum Gasteiger partial charge on any atom is -0.399 e. The van der Waals surface area contributed by atoms with Crippen LogP contribution in [0.2, 0.25) is 0 Å². The number of nitrogens with two attached hydrogens (primary N) is 2. The predicted octanol–water partition coefficient (Wildman–Crippen LogP) is 2.17. The van der Waals surface area contributed by atoms with E-state index >= 15 is 0 Å². The van der Waals surface area contributed by atoms with Crippen molar-refractivity contribution in [3.05, 3.63) is 23.8 Å². The second kappa shape index (κ2) is 4.86. The molecular formula is C11H18N2O. The first-order valence-corrected chi connectivity index (χ1v) is 4.88. The fraction of sp³-hybridized carbons (Fsp3) is 0.455. The molecule has 0 heterocycles. The quantitative estimate of drug-likeness (QED) is 0.722. The molecular weight excluding hydrogens is 176 g/mol. The van der Waals surface area contributed by atoms with Gasteiger partial charge in [0.25, 0.3) is 0 Å². The smallest absolute Gasteiger partial charge is 0.0722 e. The Morgan fingerprint density at radius 3 is 2.29 bits per heavy atom. The molecule has 4 N–H and O–H groups in total. The number of benzene rings is 1. The Morgan fingerprint density at radius 2 is 1.79 bits per heavy atom. The highest BCUT2D eigenvalue weighted by atomic mass is 16.5. The van der Waals surface area contributed by atoms with Crippen molar-refractivity contribution in [3.8, 4) is 0 Å². The second-order valence-corrected chi connectivity index (χ2v) is 3.54. The first-order chi connectivity index (χ1) is 6.61. The van der Waals surface area contributed by atoms with Gasteiger partial charge in [0.05, 0.1) is 12.7 Å². The van der Waals surface area contributed by atoms with Crippen LogP contribution in [-0.2, 0) is 11.3 Å². The number of anilines is 2. The van der Waals surface area contributed by atoms with Crippen molar-refractivity contribution < 1.29 is 4.74 Å². The molecule has 0 aliphatic rings. The molecule has 0 fully saturated rings. The summed E-state index contributed by atoms with van der Waals surface area (Å²) < 4.78 is 5.58. The lowest BCUT2D eigenvalue weighted by Crippen LogP contribution is -2.06. The summed E-state index contributed by atoms with van der Waals surface area (Å²) in [5, 5.41) is 0. The molecule has 1 unspecified atom stereocenters. The highest BCUT2D eigenvalue weighted by molar-refractivity contribution is 5.54. The van der Waals surface area contributed by atoms with Crippen LogP contribution in [0.3, 0.4) is 0 Å². The molecule has 0 bridgehead atoms. The van der Waals surface area contributed by atoms with Crippen molar-refractivity contribution >= 4 is 11.4 Å². The maximum atomic E-state index is 5.66. The van der Waals surface area contributed by atoms with Gasteiger partial charge >= 0.3 is 0 Å². The minimum atomic E-state index is 0.276. The Hall–Kier alpha value is -1.22. The SMILES string of the molecule is CCC(C)OCc1cc(N)cc(N)c1. The number of hydrogen-bond acceptors (Lipinski definition) is 3. The summed E-state index contributed by atoms with van der Waals surface area (Å²) >= 11 is 0. The largest absolute Gasteiger partial charge is 0.399 e. The second-order valence-electron chi connectivity index (χ2n) is 3.54. The van der Waals surface area contributed by atoms with Crippen molar-refractivity contribution in [1.82, 2.24) is 0 Å². The van der Waals surface area contributed by atoms with Crippen molar-refractivity contribution in [2.75, 3.05) is 11.5 Å². The van der Waals surface area contributed by atoms with E-state index in [2.05, 4.69) is 13.8 Å². The molecule has 3 heteroatoms. The van der Waals surface area contributed by atoms with E-state index in [1.165, 1.54) is 0 Å². The Balaban J connectivity index is 2.58. The molecule has 3 nitrogen and oxygen atoms in total. The van der Waals surface area contributed by atoms with E-state index in [1.807, 2.05) is 12.1 Å². The third kappa shape index (κ3) is 3.26. The number of rotatable bonds is 4. The first-order valence-electron chi connectivity index (χ1n) is 4.88. The van der Waals surface area contributed by atoms with Gasteiger partial charge in [-0.2, -0.15) is 0 Å². The van der Waals surface area contributed by atoms with Crippen molar-refractivity contribution in [1.29, 1.82) is 0 Å². The molecule has 1 aromatic carbocycles. The lowest BCUT2D eigenvalue weighted by molar-refractivity contribution is 0.0509. The molecule has 0 radical (unpaired) electrons. The highest BCUT2D eigenvalue weighted by Gasteiger charge is 2.01. The van der Waals surface area contributed by atoms with Crippen LogP contribution in [0, 0.1) is 0 Å². The summed E-state index contributed by atoms with van der Waals surface area (Å²) in [6.45, 7) is 4.72. The molecule has 0 spiro atoms. The monoisotopic (exact) mass is 194 g/mol. The molecule has 0 amide bonds. The average molecular weight is 194 g/mol. The fourth-order valence-electron chi connectivity index (χ4n) is 1.19. The van der Waals surface area contributed by atoms with E-state index in [0.717, 1.165) is 12.0 Å². The van der Waals surface area contributed by atoms with E-state index in [0.29, 0.717) is 18.0 Å². The number of hydrogen-bond donors (Lipinski definition) is 2. The molecule has 0 saturated carbocycles. The van der Waals surface area contributed by atoms with Gasteiger partial charge < -0.3 is 16.2 Å². The predicted molar refractivity (Wildman–Crippen MR) is 59.8 cm³/mol. The molecule has 0 aromatic heterocycles. The summed E-state index contributed by atoms with van der Waals surface area (Å²) in [5.41, 5.74) is 13.7. The Kier molecular flexibility index (Phi) is 3.77. The van der Waals surface area contributed by atoms with Crippen LogP contribution in [-0.4, -0.2) is 6.10 Å². The summed E-state index contributed by atoms with van der Waals surface area (Å²) in [5.74, 6) is 0. The lowest BCUT2D eigenvalue weighted by atomic mass is 10.2. The minimum absolute atomic E-state index is 0.276. The van der Waals surface area contributed by atoms with Gasteiger partial charge in [0, 0.05) is 11.4 Å². The van der Waals surface area contributed by atoms with Crippen LogP contribution < -0.4 is 11.5 Å². The van der Waals surface area contributed by atoms with Gasteiger partial charge in [0.2, 0.25) is 0 Å². The maximum absolute atomic E-state index is 5.66. The summed E-state index contributed by atoms with van der Waals surface area (Å²) in [4.78, 5) is 0. The van der Waals surface area contributed by atoms with Gasteiger partial charge in [-0.15, -0.1) is 0 Å². The molecule has 1 atom stereocenters. The zero-order valence-corrected chi connectivity index (χ0v) is 8.79. The van der Waals surface area contributed by atoms with Crippen molar-refractivity contribution in [2.45, 2.75) is 33.0 Å². The number of nitrogen functional groups attached to an aromatic ring is 2. The third-order valence-corrected chi connectivity index (χ3v) is 2.15. The van der Waals surface area contributed by atoms with Gasteiger partial charge in [-0.05, 0) is 37.1 Å². The fourth-order valence-corrected chi connectivity index (χ4v) is 1.19. The first kappa shape index (κ1) is 10.9. The molecule has 0 aliphatic carbocycles. The molecule has 1 aromatic rings. The van der Waals surface area contributed by atoms with E-state index in [9.17, 15) is 0 Å². The zero-order chi connectivity index (χ0) is 10.6. The van der Waals surface area contributed by atoms with Crippen LogP contribution in [0.5, 0.6) is 0 Å². The van der Waals surface area contributed by atoms with Crippen molar-refractivity contribution in [3.63, 3.8) is 0 Å². The van der Waals surface area contributed by atoms with Crippen LogP contribution in [0.15, 0.2) is 18.2 Å². The van der Waals surface area contributed by atoms with Gasteiger partial charge in [-0.25, -0.2) is 0 Å². The summed E-state index contributed by atoms with van der Waals surface area (Å²) in [6, 6.07) is 5.52. The van der Waals surface area contributed by atoms with Gasteiger partial charge in [0.15, 0.2) is 0 Å². The topological polar surface area (TPSA) is 61.3 Å². The Labute approximate surface area is 85.0 Å².